The number of fused-ring (bicyclic) bond motifs is 1. The van der Waals surface area contributed by atoms with Gasteiger partial charge in [0.15, 0.2) is 17.0 Å². The Balaban J connectivity index is 1.72. The number of H-pyrrole nitrogens is 1. The van der Waals surface area contributed by atoms with Crippen molar-refractivity contribution >= 4 is 24.7 Å². The van der Waals surface area contributed by atoms with Gasteiger partial charge in [-0.1, -0.05) is 6.92 Å². The van der Waals surface area contributed by atoms with Crippen LogP contribution in [0, 0.1) is 0 Å². The van der Waals surface area contributed by atoms with E-state index in [9.17, 15) is 14.3 Å². The van der Waals surface area contributed by atoms with E-state index >= 15 is 0 Å². The van der Waals surface area contributed by atoms with Crippen LogP contribution in [-0.4, -0.2) is 42.5 Å². The highest BCUT2D eigenvalue weighted by atomic mass is 31.2. The predicted molar refractivity (Wildman–Crippen MR) is 91.1 cm³/mol. The lowest BCUT2D eigenvalue weighted by Crippen LogP contribution is -2.20. The number of imidazole rings is 1. The maximum atomic E-state index is 12.3. The lowest BCUT2D eigenvalue weighted by Gasteiger charge is -2.22. The summed E-state index contributed by atoms with van der Waals surface area (Å²) in [5.41, 5.74) is 5.71. The van der Waals surface area contributed by atoms with E-state index in [1.807, 2.05) is 6.92 Å². The van der Waals surface area contributed by atoms with Gasteiger partial charge in [-0.25, -0.2) is 4.98 Å². The molecule has 10 nitrogen and oxygen atoms in total. The molecule has 25 heavy (non-hydrogen) atoms. The molecule has 0 saturated carbocycles. The minimum atomic E-state index is -3.84. The van der Waals surface area contributed by atoms with Gasteiger partial charge >= 0.3 is 7.60 Å². The third kappa shape index (κ3) is 3.77. The lowest BCUT2D eigenvalue weighted by atomic mass is 10.2. The topological polar surface area (TPSA) is 145 Å². The zero-order chi connectivity index (χ0) is 18.2. The van der Waals surface area contributed by atoms with Crippen LogP contribution >= 0.6 is 7.60 Å². The van der Waals surface area contributed by atoms with Crippen LogP contribution in [0.3, 0.4) is 0 Å². The quantitative estimate of drug-likeness (QED) is 0.642. The van der Waals surface area contributed by atoms with Crippen LogP contribution in [0.15, 0.2) is 11.1 Å². The van der Waals surface area contributed by atoms with E-state index in [4.69, 9.17) is 15.0 Å². The highest BCUT2D eigenvalue weighted by Crippen LogP contribution is 2.54. The van der Waals surface area contributed by atoms with Gasteiger partial charge in [0.05, 0.1) is 25.1 Å². The Kier molecular flexibility index (Phi) is 4.97. The summed E-state index contributed by atoms with van der Waals surface area (Å²) in [6.45, 7) is 3.99. The Bertz CT molecular complexity index is 865. The summed E-state index contributed by atoms with van der Waals surface area (Å²) >= 11 is 0. The summed E-state index contributed by atoms with van der Waals surface area (Å²) in [6.07, 6.45) is 2.54. The van der Waals surface area contributed by atoms with Gasteiger partial charge in [0.25, 0.3) is 5.56 Å². The first-order chi connectivity index (χ1) is 11.8. The van der Waals surface area contributed by atoms with Gasteiger partial charge in [-0.05, 0) is 26.2 Å². The summed E-state index contributed by atoms with van der Waals surface area (Å²) in [5, 5.41) is 0. The molecule has 1 fully saturated rings. The van der Waals surface area contributed by atoms with E-state index in [0.29, 0.717) is 31.5 Å². The van der Waals surface area contributed by atoms with Crippen molar-refractivity contribution in [1.29, 1.82) is 0 Å². The van der Waals surface area contributed by atoms with Gasteiger partial charge in [0, 0.05) is 0 Å². The minimum Gasteiger partial charge on any atom is -0.369 e. The number of nitrogens with two attached hydrogens (primary N) is 1. The highest BCUT2D eigenvalue weighted by molar-refractivity contribution is 7.53. The van der Waals surface area contributed by atoms with Gasteiger partial charge in [-0.2, -0.15) is 4.98 Å². The van der Waals surface area contributed by atoms with Crippen molar-refractivity contribution < 1.29 is 18.7 Å². The molecule has 3 heterocycles. The average molecular weight is 371 g/mol. The predicted octanol–water partition coefficient (Wildman–Crippen LogP) is 1.21. The monoisotopic (exact) mass is 371 g/mol. The van der Waals surface area contributed by atoms with Gasteiger partial charge in [0.1, 0.15) is 0 Å². The number of rotatable bonds is 6. The zero-order valence-corrected chi connectivity index (χ0v) is 15.0. The summed E-state index contributed by atoms with van der Waals surface area (Å²) in [5.74, 6) is -0.839. The standard InChI is InChI=1S/C14H22N5O5P/c1-3-8(2)24-25(21,22)10-5-4-9(23-10)6-19-7-16-11-12(19)17-14(15)18-13(11)20/h7-10H,3-6H2,1-2H3,(H,21,22)(H3,15,17,18,20). The molecule has 0 radical (unpaired) electrons. The van der Waals surface area contributed by atoms with Crippen LogP contribution in [0.1, 0.15) is 33.1 Å². The second-order valence-electron chi connectivity index (χ2n) is 6.20. The third-order valence-electron chi connectivity index (χ3n) is 4.25. The number of aromatic amines is 1. The molecule has 4 unspecified atom stereocenters. The fraction of sp³-hybridized carbons (Fsp3) is 0.643. The summed E-state index contributed by atoms with van der Waals surface area (Å²) in [4.78, 5) is 32.4. The van der Waals surface area contributed by atoms with Crippen molar-refractivity contribution in [3.63, 3.8) is 0 Å². The van der Waals surface area contributed by atoms with E-state index in [2.05, 4.69) is 15.0 Å². The second kappa shape index (κ2) is 6.87. The average Bonchev–Trinajstić information content (AvgIpc) is 3.15. The Labute approximate surface area is 143 Å². The van der Waals surface area contributed by atoms with E-state index in [0.717, 1.165) is 0 Å². The van der Waals surface area contributed by atoms with Crippen LogP contribution in [-0.2, 0) is 20.4 Å². The van der Waals surface area contributed by atoms with Crippen LogP contribution in [0.2, 0.25) is 0 Å². The molecule has 2 aromatic heterocycles. The highest BCUT2D eigenvalue weighted by Gasteiger charge is 2.41. The number of hydrogen-bond donors (Lipinski definition) is 3. The molecule has 1 aliphatic heterocycles. The molecule has 138 valence electrons. The number of hydrogen-bond acceptors (Lipinski definition) is 7. The van der Waals surface area contributed by atoms with Gasteiger partial charge < -0.3 is 24.5 Å². The number of anilines is 1. The number of aromatic nitrogens is 4. The second-order valence-corrected chi connectivity index (χ2v) is 8.11. The van der Waals surface area contributed by atoms with E-state index < -0.39 is 19.0 Å². The molecule has 0 amide bonds. The number of nitrogens with zero attached hydrogens (tertiary/aromatic N) is 3. The molecule has 3 rings (SSSR count). The fourth-order valence-electron chi connectivity index (χ4n) is 2.79. The van der Waals surface area contributed by atoms with Crippen molar-refractivity contribution in [1.82, 2.24) is 19.5 Å². The van der Waals surface area contributed by atoms with Gasteiger partial charge in [0.2, 0.25) is 5.95 Å². The summed E-state index contributed by atoms with van der Waals surface area (Å²) < 4.78 is 25.0. The Hall–Kier alpha value is -1.74. The number of nitrogens with one attached hydrogen (secondary N) is 1. The first-order valence-corrected chi connectivity index (χ1v) is 9.81. The van der Waals surface area contributed by atoms with Crippen molar-refractivity contribution in [3.05, 3.63) is 16.7 Å². The SMILES string of the molecule is CCC(C)OP(=O)(O)C1CCC(Cn2cnc3c(=O)[nH]c(N)nc32)O1. The summed E-state index contributed by atoms with van der Waals surface area (Å²) in [7, 11) is -3.84. The number of ether oxygens (including phenoxy) is 1. The van der Waals surface area contributed by atoms with E-state index in [1.165, 1.54) is 6.33 Å². The van der Waals surface area contributed by atoms with Crippen molar-refractivity contribution in [3.8, 4) is 0 Å². The molecule has 0 aliphatic carbocycles. The molecule has 11 heteroatoms. The van der Waals surface area contributed by atoms with Crippen LogP contribution in [0.25, 0.3) is 11.2 Å². The molecule has 1 aliphatic rings. The zero-order valence-electron chi connectivity index (χ0n) is 14.1. The molecular formula is C14H22N5O5P. The molecule has 0 bridgehead atoms. The van der Waals surface area contributed by atoms with Crippen LogP contribution in [0.5, 0.6) is 0 Å². The van der Waals surface area contributed by atoms with Gasteiger partial charge in [-0.15, -0.1) is 0 Å². The maximum Gasteiger partial charge on any atom is 0.356 e. The van der Waals surface area contributed by atoms with Crippen molar-refractivity contribution in [2.45, 2.75) is 57.7 Å². The normalized spacial score (nSPS) is 24.4. The van der Waals surface area contributed by atoms with Crippen molar-refractivity contribution in [2.24, 2.45) is 0 Å². The Morgan fingerprint density at radius 3 is 3.08 bits per heavy atom. The largest absolute Gasteiger partial charge is 0.369 e. The molecule has 0 aromatic carbocycles. The van der Waals surface area contributed by atoms with Crippen molar-refractivity contribution in [2.75, 3.05) is 5.73 Å². The molecule has 1 saturated heterocycles. The third-order valence-corrected chi connectivity index (χ3v) is 6.02. The number of nitrogen functional groups attached to an aromatic ring is 1. The molecule has 2 aromatic rings. The van der Waals surface area contributed by atoms with Crippen LogP contribution < -0.4 is 11.3 Å². The maximum absolute atomic E-state index is 12.3. The van der Waals surface area contributed by atoms with E-state index in [-0.39, 0.29) is 23.7 Å². The molecular weight excluding hydrogens is 349 g/mol. The molecule has 4 atom stereocenters. The van der Waals surface area contributed by atoms with Crippen LogP contribution in [0.4, 0.5) is 5.95 Å². The first-order valence-electron chi connectivity index (χ1n) is 8.17. The lowest BCUT2D eigenvalue weighted by molar-refractivity contribution is 0.0510. The smallest absolute Gasteiger partial charge is 0.356 e. The van der Waals surface area contributed by atoms with Gasteiger partial charge in [-0.3, -0.25) is 14.3 Å². The fourth-order valence-corrected chi connectivity index (χ4v) is 4.39. The van der Waals surface area contributed by atoms with E-state index in [1.54, 1.807) is 11.5 Å². The molecule has 4 N–H and O–H groups in total. The summed E-state index contributed by atoms with van der Waals surface area (Å²) in [6, 6.07) is 0. The Morgan fingerprint density at radius 1 is 1.60 bits per heavy atom. The first kappa shape index (κ1) is 18.1. The molecule has 0 spiro atoms. The minimum absolute atomic E-state index is 0.00581. The Morgan fingerprint density at radius 2 is 2.36 bits per heavy atom.